The van der Waals surface area contributed by atoms with Crippen molar-refractivity contribution in [1.82, 2.24) is 33.9 Å². The smallest absolute Gasteiger partial charge is 0.274 e. The molecule has 0 aliphatic carbocycles. The summed E-state index contributed by atoms with van der Waals surface area (Å²) in [6.45, 7) is 18.7. The Kier molecular flexibility index (Phi) is 14.9. The number of nitrogens with zero attached hydrogens (tertiary/aromatic N) is 7. The van der Waals surface area contributed by atoms with Crippen molar-refractivity contribution in [3.8, 4) is 0 Å². The summed E-state index contributed by atoms with van der Waals surface area (Å²) in [4.78, 5) is 39.7. The van der Waals surface area contributed by atoms with Crippen molar-refractivity contribution in [3.63, 3.8) is 0 Å². The molecule has 6 heterocycles. The molecule has 2 amide bonds. The Labute approximate surface area is 401 Å². The van der Waals surface area contributed by atoms with Crippen LogP contribution in [0.1, 0.15) is 58.1 Å². The van der Waals surface area contributed by atoms with Crippen molar-refractivity contribution < 1.29 is 54.9 Å². The first-order chi connectivity index (χ1) is 32.4. The molecule has 0 saturated carbocycles. The third kappa shape index (κ3) is 10.6. The Morgan fingerprint density at radius 2 is 1.04 bits per heavy atom. The minimum Gasteiger partial charge on any atom is -0.504 e. The molecule has 69 heavy (non-hydrogen) atoms. The molecule has 0 spiro atoms. The number of nitrogens with one attached hydrogen (secondary N) is 2. The Morgan fingerprint density at radius 3 is 1.45 bits per heavy atom. The maximum atomic E-state index is 14.1. The van der Waals surface area contributed by atoms with E-state index in [-0.39, 0.29) is 81.4 Å². The molecule has 4 saturated heterocycles. The lowest BCUT2D eigenvalue weighted by Crippen LogP contribution is -2.54. The molecular weight excluding hydrogens is 941 g/mol. The van der Waals surface area contributed by atoms with Gasteiger partial charge in [0, 0.05) is 65.4 Å². The van der Waals surface area contributed by atoms with E-state index in [9.17, 15) is 45.4 Å². The van der Waals surface area contributed by atoms with E-state index in [0.29, 0.717) is 64.2 Å². The maximum Gasteiger partial charge on any atom is 0.274 e. The van der Waals surface area contributed by atoms with Crippen molar-refractivity contribution in [2.75, 3.05) is 72.6 Å². The molecule has 0 unspecified atom stereocenters. The number of rotatable bonds is 10. The van der Waals surface area contributed by atoms with Crippen LogP contribution >= 0.6 is 0 Å². The number of piperidine rings is 1. The summed E-state index contributed by atoms with van der Waals surface area (Å²) in [5.41, 5.74) is -1.13. The molecule has 6 aliphatic heterocycles. The number of amidine groups is 2. The second-order valence-corrected chi connectivity index (χ2v) is 22.0. The molecule has 374 valence electrons. The molecular formula is C46H59F2N9O10S2. The molecule has 0 atom stereocenters. The standard InChI is InChI=1S/C23H30FN5O5S.C23H29FN4O5S/c1-15-20(30)19(26-22-23(2,3)34-12-11-29(15)22)21(31)25-14-16-5-6-17(24)13-18(16)35(32,33)28-9-7-27(4)8-10-28;1-15-20(29)19(26-22-23(2,3)33-12-11-28(15)22)21(30)25-14-16-7-8-17(24)13-18(16)34(31,32)27-9-5-4-6-10-27/h5-6,13,30H,1,7-12,14H2,2-4H3,(H,25,31);7-8,13,29H,1,4-6,9-12,14H2,2-3H3,(H,25,30). The lowest BCUT2D eigenvalue weighted by Gasteiger charge is -2.43. The van der Waals surface area contributed by atoms with Crippen LogP contribution in [0.15, 0.2) is 104 Å². The van der Waals surface area contributed by atoms with Crippen molar-refractivity contribution in [3.05, 3.63) is 107 Å². The van der Waals surface area contributed by atoms with Gasteiger partial charge in [0.05, 0.1) is 34.4 Å². The number of amides is 2. The van der Waals surface area contributed by atoms with Gasteiger partial charge < -0.3 is 45.0 Å². The van der Waals surface area contributed by atoms with E-state index in [4.69, 9.17) is 9.47 Å². The number of carbonyl (C=O) groups excluding carboxylic acids is 2. The molecule has 0 radical (unpaired) electrons. The number of aliphatic imine (C=N–C) groups is 2. The number of piperazine rings is 1. The van der Waals surface area contributed by atoms with Crippen LogP contribution in [0.4, 0.5) is 8.78 Å². The first-order valence-electron chi connectivity index (χ1n) is 22.5. The van der Waals surface area contributed by atoms with E-state index >= 15 is 0 Å². The van der Waals surface area contributed by atoms with Crippen LogP contribution in [-0.4, -0.2) is 158 Å². The minimum absolute atomic E-state index is 0.180. The summed E-state index contributed by atoms with van der Waals surface area (Å²) in [7, 11) is -5.99. The molecule has 0 bridgehead atoms. The van der Waals surface area contributed by atoms with Crippen molar-refractivity contribution in [1.29, 1.82) is 0 Å². The van der Waals surface area contributed by atoms with E-state index < -0.39 is 54.7 Å². The number of sulfonamides is 2. The zero-order valence-corrected chi connectivity index (χ0v) is 41.0. The summed E-state index contributed by atoms with van der Waals surface area (Å²) in [5.74, 6) is -2.64. The number of hydrogen-bond acceptors (Lipinski definition) is 15. The zero-order chi connectivity index (χ0) is 50.2. The van der Waals surface area contributed by atoms with Crippen molar-refractivity contribution >= 4 is 43.5 Å². The fourth-order valence-corrected chi connectivity index (χ4v) is 12.0. The average Bonchev–Trinajstić information content (AvgIpc) is 3.31. The van der Waals surface area contributed by atoms with Crippen molar-refractivity contribution in [2.24, 2.45) is 9.98 Å². The molecule has 23 heteroatoms. The van der Waals surface area contributed by atoms with Crippen LogP contribution < -0.4 is 10.6 Å². The van der Waals surface area contributed by atoms with Crippen molar-refractivity contribution in [2.45, 2.75) is 81.0 Å². The van der Waals surface area contributed by atoms with Gasteiger partial charge in [0.15, 0.2) is 22.9 Å². The largest absolute Gasteiger partial charge is 0.504 e. The predicted octanol–water partition coefficient (Wildman–Crippen LogP) is 3.61. The fourth-order valence-electron chi connectivity index (χ4n) is 8.61. The number of benzene rings is 2. The van der Waals surface area contributed by atoms with Gasteiger partial charge in [0.25, 0.3) is 11.8 Å². The number of hydrogen-bond donors (Lipinski definition) is 4. The monoisotopic (exact) mass is 999 g/mol. The third-order valence-corrected chi connectivity index (χ3v) is 16.6. The van der Waals surface area contributed by atoms with Crippen LogP contribution in [0, 0.1) is 11.6 Å². The van der Waals surface area contributed by atoms with Crippen LogP contribution in [0.2, 0.25) is 0 Å². The van der Waals surface area contributed by atoms with E-state index in [1.54, 1.807) is 37.5 Å². The number of aliphatic hydroxyl groups is 2. The molecule has 19 nitrogen and oxygen atoms in total. The van der Waals surface area contributed by atoms with E-state index in [1.807, 2.05) is 11.9 Å². The van der Waals surface area contributed by atoms with Gasteiger partial charge >= 0.3 is 0 Å². The third-order valence-electron chi connectivity index (χ3n) is 12.6. The molecule has 6 aliphatic rings. The molecule has 8 rings (SSSR count). The van der Waals surface area contributed by atoms with Gasteiger partial charge in [-0.15, -0.1) is 0 Å². The quantitative estimate of drug-likeness (QED) is 0.267. The highest BCUT2D eigenvalue weighted by atomic mass is 32.2. The zero-order valence-electron chi connectivity index (χ0n) is 39.3. The predicted molar refractivity (Wildman–Crippen MR) is 251 cm³/mol. The summed E-state index contributed by atoms with van der Waals surface area (Å²) in [6.07, 6.45) is 2.44. The van der Waals surface area contributed by atoms with E-state index in [2.05, 4.69) is 33.8 Å². The second-order valence-electron chi connectivity index (χ2n) is 18.2. The average molecular weight is 1000 g/mol. The number of halogens is 2. The molecule has 2 aromatic carbocycles. The summed E-state index contributed by atoms with van der Waals surface area (Å²) in [5, 5.41) is 26.4. The summed E-state index contributed by atoms with van der Waals surface area (Å²) >= 11 is 0. The van der Waals surface area contributed by atoms with Gasteiger partial charge in [-0.3, -0.25) is 9.59 Å². The fraction of sp³-hybridized carbons (Fsp3) is 0.478. The topological polar surface area (TPSA) is 226 Å². The number of morpholine rings is 2. The molecule has 0 aromatic heterocycles. The molecule has 2 aromatic rings. The van der Waals surface area contributed by atoms with Crippen LogP contribution in [-0.2, 0) is 52.2 Å². The van der Waals surface area contributed by atoms with Crippen LogP contribution in [0.25, 0.3) is 0 Å². The number of aliphatic hydroxyl groups excluding tert-OH is 2. The summed E-state index contributed by atoms with van der Waals surface area (Å²) < 4.78 is 95.1. The molecule has 4 fully saturated rings. The second kappa shape index (κ2) is 20.0. The first-order valence-corrected chi connectivity index (χ1v) is 25.4. The van der Waals surface area contributed by atoms with Gasteiger partial charge in [-0.1, -0.05) is 31.7 Å². The Morgan fingerprint density at radius 1 is 0.652 bits per heavy atom. The Bertz CT molecular complexity index is 2780. The normalized spacial score (nSPS) is 21.4. The van der Waals surface area contributed by atoms with E-state index in [0.717, 1.165) is 43.5 Å². The Hall–Kier alpha value is -5.56. The highest BCUT2D eigenvalue weighted by Gasteiger charge is 2.43. The van der Waals surface area contributed by atoms with Gasteiger partial charge in [-0.25, -0.2) is 35.6 Å². The number of ether oxygens (including phenoxy) is 2. The maximum absolute atomic E-state index is 14.1. The van der Waals surface area contributed by atoms with Gasteiger partial charge in [0.2, 0.25) is 20.0 Å². The highest BCUT2D eigenvalue weighted by molar-refractivity contribution is 7.89. The van der Waals surface area contributed by atoms with Gasteiger partial charge in [-0.05, 0) is 83.0 Å². The number of carbonyl (C=O) groups is 2. The lowest BCUT2D eigenvalue weighted by atomic mass is 10.0. The molecule has 4 N–H and O–H groups in total. The van der Waals surface area contributed by atoms with Crippen LogP contribution in [0.5, 0.6) is 0 Å². The van der Waals surface area contributed by atoms with E-state index in [1.165, 1.54) is 20.7 Å². The number of likely N-dealkylation sites (N-methyl/N-ethyl adjacent to an activating group) is 1. The number of fused-ring (bicyclic) bond motifs is 2. The lowest BCUT2D eigenvalue weighted by molar-refractivity contribution is -0.118. The van der Waals surface area contributed by atoms with Gasteiger partial charge in [-0.2, -0.15) is 8.61 Å². The highest BCUT2D eigenvalue weighted by Crippen LogP contribution is 2.34. The summed E-state index contributed by atoms with van der Waals surface area (Å²) in [6, 6.07) is 6.91. The Balaban J connectivity index is 0.000000204. The van der Waals surface area contributed by atoms with Gasteiger partial charge in [0.1, 0.15) is 34.5 Å². The van der Waals surface area contributed by atoms with Crippen LogP contribution in [0.3, 0.4) is 0 Å². The minimum atomic E-state index is -3.97. The SMILES string of the molecule is C=C1C(O)=C(C(=O)NCc2ccc(F)cc2S(=O)(=O)N2CCCCC2)N=C2N1CCOC2(C)C.C=C1C(O)=C(C(=O)NCc2ccc(F)cc2S(=O)(=O)N2CCN(C)CC2)N=C2N1CCOC2(C)C. The first kappa shape index (κ1) is 51.3.